The largest absolute Gasteiger partial charge is 0.481 e. The Morgan fingerprint density at radius 2 is 1.53 bits per heavy atom. The molecule has 0 radical (unpaired) electrons. The molecular formula is C27H26F3N3O3. The Kier molecular flexibility index (Phi) is 8.58. The van der Waals surface area contributed by atoms with Crippen LogP contribution in [0.3, 0.4) is 0 Å². The molecule has 1 heterocycles. The summed E-state index contributed by atoms with van der Waals surface area (Å²) in [5.74, 6) is -0.694. The summed E-state index contributed by atoms with van der Waals surface area (Å²) >= 11 is 0. The van der Waals surface area contributed by atoms with Gasteiger partial charge in [-0.1, -0.05) is 50.2 Å². The highest BCUT2D eigenvalue weighted by Gasteiger charge is 2.29. The number of benzene rings is 2. The van der Waals surface area contributed by atoms with Crippen LogP contribution in [0.15, 0.2) is 71.9 Å². The molecule has 1 aromatic heterocycles. The Bertz CT molecular complexity index is 1220. The summed E-state index contributed by atoms with van der Waals surface area (Å²) in [5.41, 5.74) is 2.71. The third-order valence-corrected chi connectivity index (χ3v) is 5.25. The summed E-state index contributed by atoms with van der Waals surface area (Å²) in [4.78, 5) is 31.6. The lowest BCUT2D eigenvalue weighted by molar-refractivity contribution is -0.138. The monoisotopic (exact) mass is 497 g/mol. The summed E-state index contributed by atoms with van der Waals surface area (Å²) in [5, 5.41) is 11.2. The first-order valence-electron chi connectivity index (χ1n) is 11.3. The van der Waals surface area contributed by atoms with Crippen molar-refractivity contribution in [1.29, 1.82) is 0 Å². The normalized spacial score (nSPS) is 12.0. The van der Waals surface area contributed by atoms with Crippen LogP contribution < -0.4 is 5.32 Å². The van der Waals surface area contributed by atoms with E-state index in [9.17, 15) is 22.8 Å². The highest BCUT2D eigenvalue weighted by atomic mass is 19.4. The van der Waals surface area contributed by atoms with Crippen molar-refractivity contribution in [3.8, 4) is 11.1 Å². The number of nitrogens with zero attached hydrogens (tertiary/aromatic N) is 2. The number of carboxylic acids is 1. The molecule has 1 amide bonds. The lowest BCUT2D eigenvalue weighted by Gasteiger charge is -2.11. The van der Waals surface area contributed by atoms with E-state index in [0.29, 0.717) is 29.3 Å². The highest BCUT2D eigenvalue weighted by Crippen LogP contribution is 2.31. The smallest absolute Gasteiger partial charge is 0.416 e. The van der Waals surface area contributed by atoms with Crippen molar-refractivity contribution < 1.29 is 27.9 Å². The van der Waals surface area contributed by atoms with Crippen molar-refractivity contribution in [2.45, 2.75) is 32.9 Å². The number of aromatic nitrogens is 1. The molecule has 3 rings (SSSR count). The van der Waals surface area contributed by atoms with E-state index in [2.05, 4.69) is 29.1 Å². The standard InChI is InChI=1S/C27H26F3N3O3/c1-17(2)15-23(33-24-12-9-21(16-32-24)26(36)31-14-13-25(34)35)20-5-3-18(4-6-20)19-7-10-22(11-8-19)27(28,29)30/h3-12,16-17H,13-15H2,1-2H3,(H,31,36)(H,34,35). The minimum Gasteiger partial charge on any atom is -0.481 e. The number of aliphatic imine (C=N–C) groups is 1. The zero-order valence-electron chi connectivity index (χ0n) is 19.8. The van der Waals surface area contributed by atoms with E-state index >= 15 is 0 Å². The molecule has 0 unspecified atom stereocenters. The number of hydrogen-bond donors (Lipinski definition) is 2. The Morgan fingerprint density at radius 3 is 2.03 bits per heavy atom. The number of rotatable bonds is 9. The molecule has 0 fully saturated rings. The maximum atomic E-state index is 12.8. The summed E-state index contributed by atoms with van der Waals surface area (Å²) in [6.07, 6.45) is -2.49. The molecule has 0 aliphatic rings. The predicted octanol–water partition coefficient (Wildman–Crippen LogP) is 6.14. The number of carboxylic acid groups (broad SMARTS) is 1. The fraction of sp³-hybridized carbons (Fsp3) is 0.259. The van der Waals surface area contributed by atoms with Crippen LogP contribution in [-0.2, 0) is 11.0 Å². The number of alkyl halides is 3. The molecular weight excluding hydrogens is 471 g/mol. The Labute approximate surface area is 206 Å². The topological polar surface area (TPSA) is 91.7 Å². The predicted molar refractivity (Wildman–Crippen MR) is 131 cm³/mol. The maximum Gasteiger partial charge on any atom is 0.416 e. The van der Waals surface area contributed by atoms with Crippen molar-refractivity contribution in [3.05, 3.63) is 83.6 Å². The van der Waals surface area contributed by atoms with Gasteiger partial charge in [0.2, 0.25) is 0 Å². The second-order valence-electron chi connectivity index (χ2n) is 8.61. The minimum atomic E-state index is -4.37. The SMILES string of the molecule is CC(C)CC(=Nc1ccc(C(=O)NCCC(=O)O)cn1)c1ccc(-c2ccc(C(F)(F)F)cc2)cc1. The molecule has 6 nitrogen and oxygen atoms in total. The van der Waals surface area contributed by atoms with Gasteiger partial charge in [-0.05, 0) is 53.3 Å². The molecule has 0 spiro atoms. The molecule has 0 bridgehead atoms. The molecule has 3 aromatic rings. The molecule has 2 N–H and O–H groups in total. The fourth-order valence-corrected chi connectivity index (χ4v) is 3.43. The van der Waals surface area contributed by atoms with Crippen LogP contribution >= 0.6 is 0 Å². The zero-order chi connectivity index (χ0) is 26.3. The number of aliphatic carboxylic acids is 1. The molecule has 2 aromatic carbocycles. The van der Waals surface area contributed by atoms with Crippen LogP contribution in [0.4, 0.5) is 19.0 Å². The maximum absolute atomic E-state index is 12.8. The fourth-order valence-electron chi connectivity index (χ4n) is 3.43. The molecule has 36 heavy (non-hydrogen) atoms. The molecule has 0 saturated heterocycles. The number of halogens is 3. The molecule has 9 heteroatoms. The van der Waals surface area contributed by atoms with Crippen LogP contribution in [0.2, 0.25) is 0 Å². The first kappa shape index (κ1) is 26.6. The van der Waals surface area contributed by atoms with Gasteiger partial charge in [0.15, 0.2) is 5.82 Å². The van der Waals surface area contributed by atoms with Gasteiger partial charge in [-0.25, -0.2) is 9.98 Å². The summed E-state index contributed by atoms with van der Waals surface area (Å²) in [6.45, 7) is 4.14. The van der Waals surface area contributed by atoms with Crippen molar-refractivity contribution in [3.63, 3.8) is 0 Å². The van der Waals surface area contributed by atoms with E-state index < -0.39 is 23.6 Å². The van der Waals surface area contributed by atoms with Gasteiger partial charge in [-0.3, -0.25) is 9.59 Å². The summed E-state index contributed by atoms with van der Waals surface area (Å²) < 4.78 is 38.5. The van der Waals surface area contributed by atoms with Gasteiger partial charge in [-0.2, -0.15) is 13.2 Å². The van der Waals surface area contributed by atoms with E-state index in [1.54, 1.807) is 12.1 Å². The van der Waals surface area contributed by atoms with E-state index in [1.165, 1.54) is 18.3 Å². The number of carbonyl (C=O) groups excluding carboxylic acids is 1. The third kappa shape index (κ3) is 7.49. The quantitative estimate of drug-likeness (QED) is 0.348. The number of nitrogens with one attached hydrogen (secondary N) is 1. The van der Waals surface area contributed by atoms with Crippen molar-refractivity contribution >= 4 is 23.4 Å². The molecule has 188 valence electrons. The van der Waals surface area contributed by atoms with E-state index in [-0.39, 0.29) is 13.0 Å². The number of pyridine rings is 1. The molecule has 0 atom stereocenters. The average molecular weight is 498 g/mol. The minimum absolute atomic E-state index is 0.0229. The lowest BCUT2D eigenvalue weighted by Crippen LogP contribution is -2.26. The van der Waals surface area contributed by atoms with E-state index in [1.807, 2.05) is 24.3 Å². The number of hydrogen-bond acceptors (Lipinski definition) is 4. The van der Waals surface area contributed by atoms with Crippen LogP contribution in [0, 0.1) is 5.92 Å². The Balaban J connectivity index is 1.78. The zero-order valence-corrected chi connectivity index (χ0v) is 19.8. The average Bonchev–Trinajstić information content (AvgIpc) is 2.83. The van der Waals surface area contributed by atoms with E-state index in [0.717, 1.165) is 29.0 Å². The van der Waals surface area contributed by atoms with Crippen LogP contribution in [0.25, 0.3) is 11.1 Å². The van der Waals surface area contributed by atoms with Gasteiger partial charge in [0.25, 0.3) is 5.91 Å². The van der Waals surface area contributed by atoms with Gasteiger partial charge in [0.05, 0.1) is 23.3 Å². The van der Waals surface area contributed by atoms with Crippen LogP contribution in [0.1, 0.15) is 48.2 Å². The second-order valence-corrected chi connectivity index (χ2v) is 8.61. The van der Waals surface area contributed by atoms with Gasteiger partial charge >= 0.3 is 12.1 Å². The van der Waals surface area contributed by atoms with Crippen LogP contribution in [0.5, 0.6) is 0 Å². The van der Waals surface area contributed by atoms with E-state index in [4.69, 9.17) is 5.11 Å². The third-order valence-electron chi connectivity index (χ3n) is 5.25. The van der Waals surface area contributed by atoms with Gasteiger partial charge in [0, 0.05) is 12.7 Å². The first-order chi connectivity index (χ1) is 17.0. The van der Waals surface area contributed by atoms with Crippen molar-refractivity contribution in [1.82, 2.24) is 10.3 Å². The Hall–Kier alpha value is -4.01. The summed E-state index contributed by atoms with van der Waals surface area (Å²) in [7, 11) is 0. The van der Waals surface area contributed by atoms with Crippen molar-refractivity contribution in [2.75, 3.05) is 6.54 Å². The van der Waals surface area contributed by atoms with Crippen LogP contribution in [-0.4, -0.2) is 34.2 Å². The van der Waals surface area contributed by atoms with Gasteiger partial charge in [0.1, 0.15) is 0 Å². The van der Waals surface area contributed by atoms with Gasteiger partial charge in [-0.15, -0.1) is 0 Å². The second kappa shape index (κ2) is 11.6. The molecule has 0 aliphatic carbocycles. The molecule has 0 aliphatic heterocycles. The Morgan fingerprint density at radius 1 is 0.944 bits per heavy atom. The van der Waals surface area contributed by atoms with Crippen molar-refractivity contribution in [2.24, 2.45) is 10.9 Å². The lowest BCUT2D eigenvalue weighted by atomic mass is 9.97. The number of amides is 1. The molecule has 0 saturated carbocycles. The summed E-state index contributed by atoms with van der Waals surface area (Å²) in [6, 6.07) is 15.6. The van der Waals surface area contributed by atoms with Gasteiger partial charge < -0.3 is 10.4 Å². The highest BCUT2D eigenvalue weighted by molar-refractivity contribution is 6.02. The number of carbonyl (C=O) groups is 2. The first-order valence-corrected chi connectivity index (χ1v) is 11.3.